The van der Waals surface area contributed by atoms with Crippen molar-refractivity contribution in [2.24, 2.45) is 0 Å². The zero-order valence-electron chi connectivity index (χ0n) is 13.9. The highest BCUT2D eigenvalue weighted by Crippen LogP contribution is 2.19. The van der Waals surface area contributed by atoms with Crippen molar-refractivity contribution in [2.75, 3.05) is 11.9 Å². The number of carbonyl (C=O) groups excluding carboxylic acids is 1. The normalized spacial score (nSPS) is 11.8. The molecule has 3 N–H and O–H groups in total. The topological polar surface area (TPSA) is 79.2 Å². The predicted molar refractivity (Wildman–Crippen MR) is 96.7 cm³/mol. The summed E-state index contributed by atoms with van der Waals surface area (Å²) in [6.07, 6.45) is 2.73. The van der Waals surface area contributed by atoms with E-state index in [1.165, 1.54) is 0 Å². The van der Waals surface area contributed by atoms with Gasteiger partial charge in [-0.05, 0) is 36.2 Å². The van der Waals surface area contributed by atoms with Crippen LogP contribution in [0.4, 0.5) is 10.5 Å². The third-order valence-electron chi connectivity index (χ3n) is 3.91. The smallest absolute Gasteiger partial charge is 0.319 e. The molecule has 0 radical (unpaired) electrons. The standard InChI is InChI=1S/C19H20N4O2/c1-14-7-2-3-8-15(14)18(24)13-20-19(25)22-16-9-4-5-10-17(16)23-12-6-11-21-23/h2-12,18,24H,13H2,1H3,(H2,20,22,25). The largest absolute Gasteiger partial charge is 0.387 e. The molecule has 0 spiro atoms. The van der Waals surface area contributed by atoms with Crippen LogP contribution in [-0.4, -0.2) is 27.5 Å². The summed E-state index contributed by atoms with van der Waals surface area (Å²) in [5.74, 6) is 0. The van der Waals surface area contributed by atoms with E-state index in [9.17, 15) is 9.90 Å². The quantitative estimate of drug-likeness (QED) is 0.670. The van der Waals surface area contributed by atoms with Crippen molar-refractivity contribution in [2.45, 2.75) is 13.0 Å². The zero-order valence-corrected chi connectivity index (χ0v) is 13.9. The third kappa shape index (κ3) is 4.05. The highest BCUT2D eigenvalue weighted by Gasteiger charge is 2.12. The van der Waals surface area contributed by atoms with Crippen LogP contribution in [0.1, 0.15) is 17.2 Å². The first-order valence-corrected chi connectivity index (χ1v) is 8.02. The molecule has 0 saturated carbocycles. The minimum atomic E-state index is -0.756. The summed E-state index contributed by atoms with van der Waals surface area (Å²) in [6.45, 7) is 2.06. The highest BCUT2D eigenvalue weighted by molar-refractivity contribution is 5.91. The average molecular weight is 336 g/mol. The molecule has 0 aliphatic rings. The van der Waals surface area contributed by atoms with E-state index in [-0.39, 0.29) is 12.6 Å². The molecule has 1 aromatic heterocycles. The lowest BCUT2D eigenvalue weighted by atomic mass is 10.0. The van der Waals surface area contributed by atoms with Gasteiger partial charge >= 0.3 is 6.03 Å². The number of hydrogen-bond acceptors (Lipinski definition) is 3. The van der Waals surface area contributed by atoms with E-state index in [4.69, 9.17) is 0 Å². The maximum Gasteiger partial charge on any atom is 0.319 e. The van der Waals surface area contributed by atoms with Crippen LogP contribution in [0.5, 0.6) is 0 Å². The number of amides is 2. The van der Waals surface area contributed by atoms with E-state index in [1.807, 2.05) is 55.5 Å². The number of nitrogens with zero attached hydrogens (tertiary/aromatic N) is 2. The van der Waals surface area contributed by atoms with E-state index in [0.29, 0.717) is 5.69 Å². The molecule has 0 fully saturated rings. The van der Waals surface area contributed by atoms with Gasteiger partial charge in [0.15, 0.2) is 0 Å². The Morgan fingerprint density at radius 3 is 2.68 bits per heavy atom. The van der Waals surface area contributed by atoms with Gasteiger partial charge in [0.2, 0.25) is 0 Å². The number of aromatic nitrogens is 2. The molecule has 2 amide bonds. The number of benzene rings is 2. The van der Waals surface area contributed by atoms with Gasteiger partial charge in [-0.2, -0.15) is 5.10 Å². The predicted octanol–water partition coefficient (Wildman–Crippen LogP) is 3.04. The van der Waals surface area contributed by atoms with Crippen molar-refractivity contribution in [3.63, 3.8) is 0 Å². The Hall–Kier alpha value is -3.12. The molecule has 128 valence electrons. The summed E-state index contributed by atoms with van der Waals surface area (Å²) in [6, 6.07) is 16.4. The number of para-hydroxylation sites is 2. The molecule has 1 unspecified atom stereocenters. The van der Waals surface area contributed by atoms with Crippen molar-refractivity contribution in [3.05, 3.63) is 78.1 Å². The number of nitrogens with one attached hydrogen (secondary N) is 2. The summed E-state index contributed by atoms with van der Waals surface area (Å²) >= 11 is 0. The summed E-state index contributed by atoms with van der Waals surface area (Å²) in [7, 11) is 0. The van der Waals surface area contributed by atoms with Crippen LogP contribution in [0.15, 0.2) is 67.0 Å². The molecule has 0 saturated heterocycles. The molecule has 2 aromatic carbocycles. The molecular weight excluding hydrogens is 316 g/mol. The Kier molecular flexibility index (Phi) is 5.11. The Labute approximate surface area is 146 Å². The van der Waals surface area contributed by atoms with Crippen LogP contribution < -0.4 is 10.6 Å². The molecular formula is C19H20N4O2. The Morgan fingerprint density at radius 1 is 1.16 bits per heavy atom. The summed E-state index contributed by atoms with van der Waals surface area (Å²) in [5.41, 5.74) is 3.19. The molecule has 0 aliphatic carbocycles. The van der Waals surface area contributed by atoms with E-state index < -0.39 is 6.10 Å². The van der Waals surface area contributed by atoms with Crippen molar-refractivity contribution >= 4 is 11.7 Å². The molecule has 0 bridgehead atoms. The minimum Gasteiger partial charge on any atom is -0.387 e. The maximum absolute atomic E-state index is 12.2. The average Bonchev–Trinajstić information content (AvgIpc) is 3.15. The molecule has 25 heavy (non-hydrogen) atoms. The van der Waals surface area contributed by atoms with Crippen LogP contribution in [0.3, 0.4) is 0 Å². The van der Waals surface area contributed by atoms with Gasteiger partial charge in [0.25, 0.3) is 0 Å². The van der Waals surface area contributed by atoms with Crippen LogP contribution in [0.2, 0.25) is 0 Å². The van der Waals surface area contributed by atoms with Gasteiger partial charge < -0.3 is 15.7 Å². The van der Waals surface area contributed by atoms with E-state index >= 15 is 0 Å². The number of carbonyl (C=O) groups is 1. The lowest BCUT2D eigenvalue weighted by Crippen LogP contribution is -2.32. The van der Waals surface area contributed by atoms with E-state index in [1.54, 1.807) is 23.1 Å². The summed E-state index contributed by atoms with van der Waals surface area (Å²) < 4.78 is 1.68. The van der Waals surface area contributed by atoms with E-state index in [2.05, 4.69) is 15.7 Å². The number of aliphatic hydroxyl groups is 1. The van der Waals surface area contributed by atoms with Gasteiger partial charge in [-0.15, -0.1) is 0 Å². The van der Waals surface area contributed by atoms with Crippen LogP contribution in [0.25, 0.3) is 5.69 Å². The SMILES string of the molecule is Cc1ccccc1C(O)CNC(=O)Nc1ccccc1-n1cccn1. The number of urea groups is 1. The van der Waals surface area contributed by atoms with Gasteiger partial charge in [-0.25, -0.2) is 9.48 Å². The molecule has 1 heterocycles. The molecule has 3 aromatic rings. The van der Waals surface area contributed by atoms with Crippen molar-refractivity contribution in [1.29, 1.82) is 0 Å². The number of rotatable bonds is 5. The summed E-state index contributed by atoms with van der Waals surface area (Å²) in [4.78, 5) is 12.2. The first kappa shape index (κ1) is 16.7. The third-order valence-corrected chi connectivity index (χ3v) is 3.91. The first-order valence-electron chi connectivity index (χ1n) is 8.02. The minimum absolute atomic E-state index is 0.126. The van der Waals surface area contributed by atoms with Crippen LogP contribution >= 0.6 is 0 Å². The molecule has 6 nitrogen and oxygen atoms in total. The molecule has 6 heteroatoms. The van der Waals surface area contributed by atoms with Gasteiger partial charge in [-0.3, -0.25) is 0 Å². The molecule has 0 aliphatic heterocycles. The maximum atomic E-state index is 12.2. The Balaban J connectivity index is 1.63. The van der Waals surface area contributed by atoms with Crippen molar-refractivity contribution < 1.29 is 9.90 Å². The second-order valence-electron chi connectivity index (χ2n) is 5.68. The van der Waals surface area contributed by atoms with Crippen LogP contribution in [0, 0.1) is 6.92 Å². The second kappa shape index (κ2) is 7.63. The van der Waals surface area contributed by atoms with Crippen molar-refractivity contribution in [1.82, 2.24) is 15.1 Å². The lowest BCUT2D eigenvalue weighted by molar-refractivity contribution is 0.174. The van der Waals surface area contributed by atoms with Gasteiger partial charge in [0, 0.05) is 18.9 Å². The number of aliphatic hydroxyl groups excluding tert-OH is 1. The fourth-order valence-electron chi connectivity index (χ4n) is 2.62. The Bertz CT molecular complexity index is 846. The first-order chi connectivity index (χ1) is 12.1. The van der Waals surface area contributed by atoms with Gasteiger partial charge in [0.05, 0.1) is 17.5 Å². The zero-order chi connectivity index (χ0) is 17.6. The monoisotopic (exact) mass is 336 g/mol. The van der Waals surface area contributed by atoms with Crippen LogP contribution in [-0.2, 0) is 0 Å². The highest BCUT2D eigenvalue weighted by atomic mass is 16.3. The number of anilines is 1. The summed E-state index contributed by atoms with van der Waals surface area (Å²) in [5, 5.41) is 19.9. The number of aryl methyl sites for hydroxylation is 1. The van der Waals surface area contributed by atoms with Gasteiger partial charge in [0.1, 0.15) is 0 Å². The fraction of sp³-hybridized carbons (Fsp3) is 0.158. The molecule has 3 rings (SSSR count). The Morgan fingerprint density at radius 2 is 1.92 bits per heavy atom. The second-order valence-corrected chi connectivity index (χ2v) is 5.68. The fourth-order valence-corrected chi connectivity index (χ4v) is 2.62. The van der Waals surface area contributed by atoms with Gasteiger partial charge in [-0.1, -0.05) is 36.4 Å². The number of hydrogen-bond donors (Lipinski definition) is 3. The lowest BCUT2D eigenvalue weighted by Gasteiger charge is -2.16. The van der Waals surface area contributed by atoms with E-state index in [0.717, 1.165) is 16.8 Å². The van der Waals surface area contributed by atoms with Crippen molar-refractivity contribution in [3.8, 4) is 5.69 Å². The molecule has 1 atom stereocenters.